The molecule has 116 valence electrons. The zero-order chi connectivity index (χ0) is 15.5. The Morgan fingerprint density at radius 1 is 1.50 bits per heavy atom. The van der Waals surface area contributed by atoms with Gasteiger partial charge in [0.2, 0.25) is 0 Å². The third kappa shape index (κ3) is 3.30. The van der Waals surface area contributed by atoms with E-state index < -0.39 is 0 Å². The first-order chi connectivity index (χ1) is 10.6. The summed E-state index contributed by atoms with van der Waals surface area (Å²) in [5.74, 6) is -0.400. The van der Waals surface area contributed by atoms with Crippen molar-refractivity contribution in [2.24, 2.45) is 0 Å². The maximum atomic E-state index is 13.2. The smallest absolute Gasteiger partial charge is 0.276 e. The van der Waals surface area contributed by atoms with E-state index in [2.05, 4.69) is 15.6 Å². The van der Waals surface area contributed by atoms with E-state index in [-0.39, 0.29) is 17.8 Å². The Kier molecular flexibility index (Phi) is 4.15. The second-order valence-electron chi connectivity index (χ2n) is 5.54. The van der Waals surface area contributed by atoms with Gasteiger partial charge in [0.15, 0.2) is 5.69 Å². The number of halogens is 1. The van der Waals surface area contributed by atoms with Crippen LogP contribution in [0, 0.1) is 5.82 Å². The number of nitrogens with one attached hydrogen (secondary N) is 1. The Bertz CT molecular complexity index is 671. The SMILES string of the molecule is C[C@H]1CN(C(=O)c2cn(Cc3cccc(F)c3)nn2)CCN1. The summed E-state index contributed by atoms with van der Waals surface area (Å²) in [6.45, 7) is 4.54. The molecule has 2 heterocycles. The number of amides is 1. The number of hydrogen-bond acceptors (Lipinski definition) is 4. The summed E-state index contributed by atoms with van der Waals surface area (Å²) in [4.78, 5) is 14.2. The Labute approximate surface area is 127 Å². The third-order valence-electron chi connectivity index (χ3n) is 3.65. The van der Waals surface area contributed by atoms with Gasteiger partial charge in [-0.3, -0.25) is 4.79 Å². The molecule has 22 heavy (non-hydrogen) atoms. The van der Waals surface area contributed by atoms with Gasteiger partial charge in [-0.1, -0.05) is 17.3 Å². The van der Waals surface area contributed by atoms with Crippen LogP contribution in [0.25, 0.3) is 0 Å². The number of carbonyl (C=O) groups excluding carboxylic acids is 1. The zero-order valence-electron chi connectivity index (χ0n) is 12.4. The van der Waals surface area contributed by atoms with Crippen molar-refractivity contribution in [1.82, 2.24) is 25.2 Å². The highest BCUT2D eigenvalue weighted by atomic mass is 19.1. The van der Waals surface area contributed by atoms with E-state index in [9.17, 15) is 9.18 Å². The Balaban J connectivity index is 1.69. The van der Waals surface area contributed by atoms with Gasteiger partial charge in [0.1, 0.15) is 5.82 Å². The fourth-order valence-corrected chi connectivity index (χ4v) is 2.57. The number of hydrogen-bond donors (Lipinski definition) is 1. The number of aromatic nitrogens is 3. The van der Waals surface area contributed by atoms with Gasteiger partial charge >= 0.3 is 0 Å². The van der Waals surface area contributed by atoms with Crippen LogP contribution >= 0.6 is 0 Å². The van der Waals surface area contributed by atoms with Crippen molar-refractivity contribution < 1.29 is 9.18 Å². The lowest BCUT2D eigenvalue weighted by atomic mass is 10.2. The summed E-state index contributed by atoms with van der Waals surface area (Å²) >= 11 is 0. The first kappa shape index (κ1) is 14.6. The lowest BCUT2D eigenvalue weighted by Gasteiger charge is -2.31. The molecule has 7 heteroatoms. The maximum Gasteiger partial charge on any atom is 0.276 e. The lowest BCUT2D eigenvalue weighted by molar-refractivity contribution is 0.0703. The second-order valence-corrected chi connectivity index (χ2v) is 5.54. The summed E-state index contributed by atoms with van der Waals surface area (Å²) < 4.78 is 14.7. The van der Waals surface area contributed by atoms with E-state index in [1.54, 1.807) is 21.8 Å². The van der Waals surface area contributed by atoms with Gasteiger partial charge in [0, 0.05) is 25.7 Å². The van der Waals surface area contributed by atoms with Crippen LogP contribution in [-0.2, 0) is 6.54 Å². The van der Waals surface area contributed by atoms with Crippen LogP contribution in [0.3, 0.4) is 0 Å². The molecule has 1 fully saturated rings. The van der Waals surface area contributed by atoms with Crippen molar-refractivity contribution in [3.8, 4) is 0 Å². The Morgan fingerprint density at radius 2 is 2.36 bits per heavy atom. The van der Waals surface area contributed by atoms with E-state index in [0.717, 1.165) is 12.1 Å². The summed E-state index contributed by atoms with van der Waals surface area (Å²) in [7, 11) is 0. The highest BCUT2D eigenvalue weighted by Gasteiger charge is 2.23. The molecule has 6 nitrogen and oxygen atoms in total. The van der Waals surface area contributed by atoms with E-state index >= 15 is 0 Å². The molecular weight excluding hydrogens is 285 g/mol. The molecule has 1 aromatic carbocycles. The predicted molar refractivity (Wildman–Crippen MR) is 78.9 cm³/mol. The van der Waals surface area contributed by atoms with Crippen LogP contribution in [0.4, 0.5) is 4.39 Å². The van der Waals surface area contributed by atoms with Gasteiger partial charge in [-0.15, -0.1) is 5.10 Å². The molecule has 1 N–H and O–H groups in total. The molecule has 0 aliphatic carbocycles. The first-order valence-corrected chi connectivity index (χ1v) is 7.29. The van der Waals surface area contributed by atoms with Crippen molar-refractivity contribution in [2.75, 3.05) is 19.6 Å². The number of carbonyl (C=O) groups is 1. The molecule has 2 aromatic rings. The molecule has 0 radical (unpaired) electrons. The van der Waals surface area contributed by atoms with E-state index in [1.165, 1.54) is 12.1 Å². The van der Waals surface area contributed by atoms with Crippen LogP contribution in [0.1, 0.15) is 23.0 Å². The van der Waals surface area contributed by atoms with Crippen LogP contribution in [-0.4, -0.2) is 51.5 Å². The van der Waals surface area contributed by atoms with Crippen molar-refractivity contribution in [2.45, 2.75) is 19.5 Å². The first-order valence-electron chi connectivity index (χ1n) is 7.29. The number of nitrogens with zero attached hydrogens (tertiary/aromatic N) is 4. The third-order valence-corrected chi connectivity index (χ3v) is 3.65. The molecule has 0 unspecified atom stereocenters. The summed E-state index contributed by atoms with van der Waals surface area (Å²) in [5.41, 5.74) is 1.10. The molecule has 3 rings (SSSR count). The fraction of sp³-hybridized carbons (Fsp3) is 0.400. The molecule has 1 aliphatic heterocycles. The molecule has 1 atom stereocenters. The molecule has 0 spiro atoms. The van der Waals surface area contributed by atoms with E-state index in [1.807, 2.05) is 13.0 Å². The second kappa shape index (κ2) is 6.23. The fourth-order valence-electron chi connectivity index (χ4n) is 2.57. The van der Waals surface area contributed by atoms with Gasteiger partial charge in [0.05, 0.1) is 12.7 Å². The zero-order valence-corrected chi connectivity index (χ0v) is 12.4. The van der Waals surface area contributed by atoms with Crippen LogP contribution in [0.15, 0.2) is 30.5 Å². The highest BCUT2D eigenvalue weighted by molar-refractivity contribution is 5.92. The van der Waals surface area contributed by atoms with Gasteiger partial charge in [0.25, 0.3) is 5.91 Å². The molecule has 0 bridgehead atoms. The summed E-state index contributed by atoms with van der Waals surface area (Å²) in [6.07, 6.45) is 1.61. The minimum atomic E-state index is -0.288. The number of benzene rings is 1. The van der Waals surface area contributed by atoms with Gasteiger partial charge in [-0.25, -0.2) is 9.07 Å². The minimum Gasteiger partial charge on any atom is -0.334 e. The summed E-state index contributed by atoms with van der Waals surface area (Å²) in [5, 5.41) is 11.2. The monoisotopic (exact) mass is 303 g/mol. The van der Waals surface area contributed by atoms with Gasteiger partial charge in [-0.2, -0.15) is 0 Å². The number of piperazine rings is 1. The predicted octanol–water partition coefficient (Wildman–Crippen LogP) is 0.899. The van der Waals surface area contributed by atoms with Gasteiger partial charge in [-0.05, 0) is 24.6 Å². The van der Waals surface area contributed by atoms with Gasteiger partial charge < -0.3 is 10.2 Å². The van der Waals surface area contributed by atoms with Crippen molar-refractivity contribution in [1.29, 1.82) is 0 Å². The molecule has 1 aliphatic rings. The Hall–Kier alpha value is -2.28. The quantitative estimate of drug-likeness (QED) is 0.915. The van der Waals surface area contributed by atoms with E-state index in [4.69, 9.17) is 0 Å². The molecular formula is C15H18FN5O. The molecule has 1 amide bonds. The minimum absolute atomic E-state index is 0.112. The van der Waals surface area contributed by atoms with Crippen molar-refractivity contribution in [3.05, 3.63) is 47.5 Å². The van der Waals surface area contributed by atoms with Crippen molar-refractivity contribution in [3.63, 3.8) is 0 Å². The molecule has 1 aromatic heterocycles. The molecule has 1 saturated heterocycles. The highest BCUT2D eigenvalue weighted by Crippen LogP contribution is 2.08. The average molecular weight is 303 g/mol. The van der Waals surface area contributed by atoms with E-state index in [0.29, 0.717) is 25.3 Å². The standard InChI is InChI=1S/C15H18FN5O/c1-11-8-20(6-5-17-11)15(22)14-10-21(19-18-14)9-12-3-2-4-13(16)7-12/h2-4,7,10-11,17H,5-6,8-9H2,1H3/t11-/m0/s1. The average Bonchev–Trinajstić information content (AvgIpc) is 2.95. The van der Waals surface area contributed by atoms with Crippen LogP contribution in [0.5, 0.6) is 0 Å². The summed E-state index contributed by atoms with van der Waals surface area (Å²) in [6, 6.07) is 6.58. The maximum absolute atomic E-state index is 13.2. The topological polar surface area (TPSA) is 63.1 Å². The van der Waals surface area contributed by atoms with Crippen LogP contribution in [0.2, 0.25) is 0 Å². The van der Waals surface area contributed by atoms with Crippen LogP contribution < -0.4 is 5.32 Å². The number of rotatable bonds is 3. The normalized spacial score (nSPS) is 18.5. The largest absolute Gasteiger partial charge is 0.334 e. The van der Waals surface area contributed by atoms with Crippen molar-refractivity contribution >= 4 is 5.91 Å². The Morgan fingerprint density at radius 3 is 3.14 bits per heavy atom. The molecule has 0 saturated carbocycles. The lowest BCUT2D eigenvalue weighted by Crippen LogP contribution is -2.51.